The quantitative estimate of drug-likeness (QED) is 0.748. The van der Waals surface area contributed by atoms with E-state index in [2.05, 4.69) is 33.0 Å². The Labute approximate surface area is 182 Å². The Balaban J connectivity index is 1.60. The van der Waals surface area contributed by atoms with E-state index in [0.29, 0.717) is 5.56 Å². The van der Waals surface area contributed by atoms with Crippen molar-refractivity contribution in [3.05, 3.63) is 77.3 Å². The Hall–Kier alpha value is -3.43. The van der Waals surface area contributed by atoms with Gasteiger partial charge < -0.3 is 14.5 Å². The van der Waals surface area contributed by atoms with Crippen molar-refractivity contribution in [2.24, 2.45) is 4.99 Å². The molecule has 5 rings (SSSR count). The lowest BCUT2D eigenvalue weighted by Gasteiger charge is -2.31. The van der Waals surface area contributed by atoms with E-state index >= 15 is 0 Å². The van der Waals surface area contributed by atoms with Crippen LogP contribution >= 0.6 is 0 Å². The molecule has 31 heavy (non-hydrogen) atoms. The average molecular weight is 412 g/mol. The van der Waals surface area contributed by atoms with E-state index < -0.39 is 0 Å². The largest absolute Gasteiger partial charge is 0.378 e. The van der Waals surface area contributed by atoms with Crippen LogP contribution in [0, 0.1) is 11.3 Å². The van der Waals surface area contributed by atoms with Gasteiger partial charge in [-0.1, -0.05) is 18.2 Å². The number of hydrogen-bond donors (Lipinski definition) is 0. The highest BCUT2D eigenvalue weighted by molar-refractivity contribution is 5.91. The van der Waals surface area contributed by atoms with E-state index in [1.54, 1.807) is 0 Å². The number of aromatic nitrogens is 1. The number of nitriles is 1. The molecule has 156 valence electrons. The number of amidine groups is 1. The number of rotatable bonds is 2. The number of benzene rings is 1. The molecule has 6 heteroatoms. The molecular weight excluding hydrogens is 386 g/mol. The van der Waals surface area contributed by atoms with Gasteiger partial charge in [-0.05, 0) is 37.1 Å². The molecular formula is C25H25N5O. The lowest BCUT2D eigenvalue weighted by Crippen LogP contribution is -2.40. The molecule has 4 heterocycles. The van der Waals surface area contributed by atoms with Crippen LogP contribution in [-0.4, -0.2) is 48.6 Å². The summed E-state index contributed by atoms with van der Waals surface area (Å²) in [5.74, 6) is 1.13. The molecule has 1 aromatic heterocycles. The zero-order valence-electron chi connectivity index (χ0n) is 17.5. The minimum atomic E-state index is 0.664. The number of anilines is 1. The van der Waals surface area contributed by atoms with Crippen LogP contribution < -0.4 is 4.90 Å². The van der Waals surface area contributed by atoms with E-state index in [0.717, 1.165) is 74.9 Å². The first-order chi connectivity index (χ1) is 15.3. The van der Waals surface area contributed by atoms with Crippen LogP contribution in [0.5, 0.6) is 0 Å². The van der Waals surface area contributed by atoms with Gasteiger partial charge in [-0.3, -0.25) is 4.98 Å². The molecule has 3 aliphatic rings. The van der Waals surface area contributed by atoms with Crippen molar-refractivity contribution in [1.29, 1.82) is 5.26 Å². The molecule has 2 saturated heterocycles. The lowest BCUT2D eigenvalue weighted by molar-refractivity contribution is 0.0672. The predicted octanol–water partition coefficient (Wildman–Crippen LogP) is 3.98. The smallest absolute Gasteiger partial charge is 0.105 e. The number of aliphatic imine (C=N–C) groups is 1. The summed E-state index contributed by atoms with van der Waals surface area (Å²) in [6.07, 6.45) is 8.87. The number of morpholine rings is 1. The zero-order valence-corrected chi connectivity index (χ0v) is 17.5. The standard InChI is InChI=1S/C25H25N5O/c26-17-19-6-8-20(9-7-19)25-22-10-12-30(21-3-2-11-27-18-21)23(22)4-1-5-24(28-25)29-13-15-31-16-14-29/h2-4,6-9,11,18H,1,5,10,12-16H2/b23-4+,25-22-,28-24+. The van der Waals surface area contributed by atoms with Crippen LogP contribution in [-0.2, 0) is 4.74 Å². The first kappa shape index (κ1) is 19.5. The zero-order chi connectivity index (χ0) is 21.0. The summed E-state index contributed by atoms with van der Waals surface area (Å²) in [5.41, 5.74) is 6.35. The number of hydrogen-bond acceptors (Lipinski definition) is 6. The van der Waals surface area contributed by atoms with Gasteiger partial charge in [-0.15, -0.1) is 0 Å². The first-order valence-corrected chi connectivity index (χ1v) is 10.9. The summed E-state index contributed by atoms with van der Waals surface area (Å²) < 4.78 is 5.55. The Morgan fingerprint density at radius 1 is 1.00 bits per heavy atom. The average Bonchev–Trinajstić information content (AvgIpc) is 3.23. The number of allylic oxidation sites excluding steroid dienone is 2. The molecule has 0 saturated carbocycles. The molecule has 0 atom stereocenters. The van der Waals surface area contributed by atoms with E-state index in [4.69, 9.17) is 9.73 Å². The maximum Gasteiger partial charge on any atom is 0.105 e. The van der Waals surface area contributed by atoms with Crippen molar-refractivity contribution in [3.8, 4) is 6.07 Å². The Kier molecular flexibility index (Phi) is 5.51. The third-order valence-corrected chi connectivity index (χ3v) is 6.04. The molecule has 3 aliphatic heterocycles. The number of fused-ring (bicyclic) bond motifs is 1. The van der Waals surface area contributed by atoms with Crippen LogP contribution in [0.15, 0.2) is 71.1 Å². The Morgan fingerprint density at radius 3 is 2.58 bits per heavy atom. The lowest BCUT2D eigenvalue weighted by atomic mass is 10.00. The van der Waals surface area contributed by atoms with Crippen molar-refractivity contribution in [2.75, 3.05) is 37.7 Å². The molecule has 0 amide bonds. The molecule has 6 nitrogen and oxygen atoms in total. The van der Waals surface area contributed by atoms with Gasteiger partial charge in [0.2, 0.25) is 0 Å². The minimum absolute atomic E-state index is 0.664. The van der Waals surface area contributed by atoms with Crippen LogP contribution in [0.2, 0.25) is 0 Å². The summed E-state index contributed by atoms with van der Waals surface area (Å²) in [5, 5.41) is 9.21. The van der Waals surface area contributed by atoms with E-state index in [1.807, 2.05) is 42.7 Å². The van der Waals surface area contributed by atoms with Gasteiger partial charge in [-0.2, -0.15) is 5.26 Å². The van der Waals surface area contributed by atoms with Crippen LogP contribution in [0.4, 0.5) is 5.69 Å². The molecule has 0 spiro atoms. The fraction of sp³-hybridized carbons (Fsp3) is 0.320. The second-order valence-electron chi connectivity index (χ2n) is 7.88. The van der Waals surface area contributed by atoms with Gasteiger partial charge >= 0.3 is 0 Å². The monoisotopic (exact) mass is 411 g/mol. The normalized spacial score (nSPS) is 24.9. The van der Waals surface area contributed by atoms with Crippen molar-refractivity contribution in [2.45, 2.75) is 19.3 Å². The van der Waals surface area contributed by atoms with Gasteiger partial charge in [0.25, 0.3) is 0 Å². The highest BCUT2D eigenvalue weighted by Crippen LogP contribution is 2.39. The molecule has 2 fully saturated rings. The fourth-order valence-corrected chi connectivity index (χ4v) is 4.47. The first-order valence-electron chi connectivity index (χ1n) is 10.9. The molecule has 1 aromatic carbocycles. The van der Waals surface area contributed by atoms with Gasteiger partial charge in [0.1, 0.15) is 5.84 Å². The minimum Gasteiger partial charge on any atom is -0.378 e. The summed E-state index contributed by atoms with van der Waals surface area (Å²) in [6.45, 7) is 4.17. The number of pyridine rings is 1. The SMILES string of the molecule is N#Cc1ccc(C2=C3\CCN(c4cccnc4)\C3=C\CC/C(N3CCOCC3)=N\2)cc1. The van der Waals surface area contributed by atoms with Gasteiger partial charge in [-0.25, -0.2) is 4.99 Å². The summed E-state index contributed by atoms with van der Waals surface area (Å²) in [6, 6.07) is 14.1. The molecule has 0 bridgehead atoms. The summed E-state index contributed by atoms with van der Waals surface area (Å²) in [4.78, 5) is 14.3. The molecule has 0 aliphatic carbocycles. The van der Waals surface area contributed by atoms with Crippen molar-refractivity contribution in [3.63, 3.8) is 0 Å². The molecule has 2 aromatic rings. The van der Waals surface area contributed by atoms with Crippen LogP contribution in [0.25, 0.3) is 5.70 Å². The maximum atomic E-state index is 9.21. The topological polar surface area (TPSA) is 64.8 Å². The summed E-state index contributed by atoms with van der Waals surface area (Å²) in [7, 11) is 0. The third-order valence-electron chi connectivity index (χ3n) is 6.04. The van der Waals surface area contributed by atoms with Crippen molar-refractivity contribution < 1.29 is 4.74 Å². The van der Waals surface area contributed by atoms with Crippen molar-refractivity contribution >= 4 is 17.2 Å². The van der Waals surface area contributed by atoms with E-state index in [-0.39, 0.29) is 0 Å². The third kappa shape index (κ3) is 3.97. The highest BCUT2D eigenvalue weighted by Gasteiger charge is 2.29. The van der Waals surface area contributed by atoms with Gasteiger partial charge in [0.05, 0.1) is 42.4 Å². The van der Waals surface area contributed by atoms with Crippen molar-refractivity contribution in [1.82, 2.24) is 9.88 Å². The number of nitrogens with zero attached hydrogens (tertiary/aromatic N) is 5. The predicted molar refractivity (Wildman–Crippen MR) is 121 cm³/mol. The highest BCUT2D eigenvalue weighted by atomic mass is 16.5. The van der Waals surface area contributed by atoms with Crippen LogP contribution in [0.1, 0.15) is 30.4 Å². The van der Waals surface area contributed by atoms with Crippen LogP contribution in [0.3, 0.4) is 0 Å². The van der Waals surface area contributed by atoms with Gasteiger partial charge in [0, 0.05) is 49.1 Å². The molecule has 0 radical (unpaired) electrons. The maximum absolute atomic E-state index is 9.21. The second-order valence-corrected chi connectivity index (χ2v) is 7.88. The summed E-state index contributed by atoms with van der Waals surface area (Å²) >= 11 is 0. The Morgan fingerprint density at radius 2 is 1.84 bits per heavy atom. The van der Waals surface area contributed by atoms with E-state index in [1.165, 1.54) is 11.3 Å². The molecule has 0 unspecified atom stereocenters. The molecule has 0 N–H and O–H groups in total. The van der Waals surface area contributed by atoms with E-state index in [9.17, 15) is 5.26 Å². The number of ether oxygens (including phenoxy) is 1. The second kappa shape index (κ2) is 8.75. The fourth-order valence-electron chi connectivity index (χ4n) is 4.47. The Bertz CT molecular complexity index is 1070. The van der Waals surface area contributed by atoms with Gasteiger partial charge in [0.15, 0.2) is 0 Å².